The quantitative estimate of drug-likeness (QED) is 0.721. The first-order valence-electron chi connectivity index (χ1n) is 7.16. The fraction of sp³-hybridized carbons (Fsp3) is 0.438. The van der Waals surface area contributed by atoms with Gasteiger partial charge in [-0.25, -0.2) is 4.98 Å². The molecule has 0 spiro atoms. The minimum Gasteiger partial charge on any atom is -0.313 e. The third-order valence-electron chi connectivity index (χ3n) is 3.25. The zero-order valence-corrected chi connectivity index (χ0v) is 15.5. The van der Waals surface area contributed by atoms with Crippen molar-refractivity contribution in [3.63, 3.8) is 0 Å². The molecule has 1 N–H and O–H groups in total. The van der Waals surface area contributed by atoms with Crippen LogP contribution in [0.4, 0.5) is 0 Å². The van der Waals surface area contributed by atoms with E-state index >= 15 is 0 Å². The number of hydrogen-bond donors (Lipinski definition) is 1. The maximum atomic E-state index is 6.34. The number of nitrogens with one attached hydrogen (secondary N) is 1. The number of thiazole rings is 1. The molecule has 21 heavy (non-hydrogen) atoms. The number of halogens is 2. The van der Waals surface area contributed by atoms with E-state index in [1.165, 1.54) is 10.6 Å². The van der Waals surface area contributed by atoms with Gasteiger partial charge in [-0.1, -0.05) is 40.5 Å². The molecule has 0 saturated heterocycles. The first kappa shape index (κ1) is 16.9. The van der Waals surface area contributed by atoms with Crippen molar-refractivity contribution in [1.29, 1.82) is 0 Å². The van der Waals surface area contributed by atoms with Crippen LogP contribution in [0.2, 0.25) is 5.02 Å². The number of aromatic nitrogens is 1. The Morgan fingerprint density at radius 1 is 1.38 bits per heavy atom. The average molecular weight is 388 g/mol. The zero-order chi connectivity index (χ0) is 15.2. The molecule has 2 aromatic rings. The van der Waals surface area contributed by atoms with Crippen molar-refractivity contribution in [2.45, 2.75) is 39.2 Å². The highest BCUT2D eigenvalue weighted by Gasteiger charge is 2.14. The van der Waals surface area contributed by atoms with Gasteiger partial charge in [-0.3, -0.25) is 0 Å². The van der Waals surface area contributed by atoms with Gasteiger partial charge in [0.1, 0.15) is 0 Å². The Bertz CT molecular complexity index is 585. The summed E-state index contributed by atoms with van der Waals surface area (Å²) in [7, 11) is 0. The van der Waals surface area contributed by atoms with Crippen LogP contribution in [-0.2, 0) is 12.8 Å². The molecule has 2 nitrogen and oxygen atoms in total. The molecule has 0 radical (unpaired) electrons. The Balaban J connectivity index is 2.08. The summed E-state index contributed by atoms with van der Waals surface area (Å²) in [5.74, 6) is 0. The van der Waals surface area contributed by atoms with Crippen LogP contribution in [0.15, 0.2) is 28.1 Å². The van der Waals surface area contributed by atoms with E-state index in [4.69, 9.17) is 11.6 Å². The number of aryl methyl sites for hydroxylation is 1. The normalized spacial score (nSPS) is 12.6. The first-order valence-corrected chi connectivity index (χ1v) is 9.22. The van der Waals surface area contributed by atoms with Crippen molar-refractivity contribution in [3.05, 3.63) is 49.3 Å². The third kappa shape index (κ3) is 5.37. The SMILES string of the molecule is CCCNC(Cc1nc(C)cs1)Cc1ccc(Br)cc1Cl. The number of nitrogens with zero attached hydrogens (tertiary/aromatic N) is 1. The van der Waals surface area contributed by atoms with Gasteiger partial charge in [-0.2, -0.15) is 0 Å². The fourth-order valence-corrected chi connectivity index (χ4v) is 3.83. The fourth-order valence-electron chi connectivity index (χ4n) is 2.22. The monoisotopic (exact) mass is 386 g/mol. The summed E-state index contributed by atoms with van der Waals surface area (Å²) >= 11 is 11.5. The molecule has 1 aromatic heterocycles. The number of benzene rings is 1. The molecule has 0 fully saturated rings. The van der Waals surface area contributed by atoms with Crippen LogP contribution in [0.3, 0.4) is 0 Å². The van der Waals surface area contributed by atoms with E-state index in [-0.39, 0.29) is 0 Å². The molecule has 0 amide bonds. The van der Waals surface area contributed by atoms with Crippen molar-refractivity contribution in [3.8, 4) is 0 Å². The minimum absolute atomic E-state index is 0.370. The van der Waals surface area contributed by atoms with Crippen LogP contribution in [0.1, 0.15) is 29.6 Å². The maximum absolute atomic E-state index is 6.34. The Morgan fingerprint density at radius 3 is 2.81 bits per heavy atom. The van der Waals surface area contributed by atoms with E-state index in [1.54, 1.807) is 11.3 Å². The van der Waals surface area contributed by atoms with Gasteiger partial charge < -0.3 is 5.32 Å². The van der Waals surface area contributed by atoms with Crippen LogP contribution in [-0.4, -0.2) is 17.6 Å². The van der Waals surface area contributed by atoms with E-state index in [0.717, 1.165) is 41.0 Å². The summed E-state index contributed by atoms with van der Waals surface area (Å²) in [6.45, 7) is 5.24. The van der Waals surface area contributed by atoms with Gasteiger partial charge in [0.2, 0.25) is 0 Å². The van der Waals surface area contributed by atoms with Crippen LogP contribution < -0.4 is 5.32 Å². The second kappa shape index (κ2) is 8.28. The largest absolute Gasteiger partial charge is 0.313 e. The Hall–Kier alpha value is -0.420. The molecule has 1 heterocycles. The highest BCUT2D eigenvalue weighted by molar-refractivity contribution is 9.10. The van der Waals surface area contributed by atoms with E-state index < -0.39 is 0 Å². The smallest absolute Gasteiger partial charge is 0.0943 e. The van der Waals surface area contributed by atoms with Gasteiger partial charge >= 0.3 is 0 Å². The predicted molar refractivity (Wildman–Crippen MR) is 95.5 cm³/mol. The summed E-state index contributed by atoms with van der Waals surface area (Å²) in [5, 5.41) is 7.74. The standard InChI is InChI=1S/C16H20BrClN2S/c1-3-6-19-14(9-16-20-11(2)10-21-16)7-12-4-5-13(17)8-15(12)18/h4-5,8,10,14,19H,3,6-7,9H2,1-2H3. The Kier molecular flexibility index (Phi) is 6.68. The molecule has 0 bridgehead atoms. The van der Waals surface area contributed by atoms with E-state index in [1.807, 2.05) is 19.1 Å². The number of rotatable bonds is 7. The zero-order valence-electron chi connectivity index (χ0n) is 12.3. The molecule has 0 aliphatic rings. The van der Waals surface area contributed by atoms with Gasteiger partial charge in [0, 0.05) is 33.0 Å². The van der Waals surface area contributed by atoms with Crippen molar-refractivity contribution in [2.75, 3.05) is 6.54 Å². The van der Waals surface area contributed by atoms with Crippen LogP contribution in [0.5, 0.6) is 0 Å². The van der Waals surface area contributed by atoms with Crippen LogP contribution in [0.25, 0.3) is 0 Å². The molecule has 2 rings (SSSR count). The second-order valence-electron chi connectivity index (χ2n) is 5.18. The maximum Gasteiger partial charge on any atom is 0.0943 e. The van der Waals surface area contributed by atoms with Crippen molar-refractivity contribution >= 4 is 38.9 Å². The molecule has 1 unspecified atom stereocenters. The van der Waals surface area contributed by atoms with Gasteiger partial charge in [0.15, 0.2) is 0 Å². The molecule has 0 aliphatic carbocycles. The van der Waals surface area contributed by atoms with Gasteiger partial charge in [-0.15, -0.1) is 11.3 Å². The van der Waals surface area contributed by atoms with E-state index in [9.17, 15) is 0 Å². The third-order valence-corrected chi connectivity index (χ3v) is 5.09. The van der Waals surface area contributed by atoms with Gasteiger partial charge in [-0.05, 0) is 44.0 Å². The highest BCUT2D eigenvalue weighted by atomic mass is 79.9. The first-order chi connectivity index (χ1) is 10.1. The molecular formula is C16H20BrClN2S. The van der Waals surface area contributed by atoms with Gasteiger partial charge in [0.05, 0.1) is 5.01 Å². The van der Waals surface area contributed by atoms with Crippen LogP contribution in [0, 0.1) is 6.92 Å². The Labute approximate surface area is 144 Å². The van der Waals surface area contributed by atoms with Crippen LogP contribution >= 0.6 is 38.9 Å². The lowest BCUT2D eigenvalue weighted by atomic mass is 10.0. The summed E-state index contributed by atoms with van der Waals surface area (Å²) < 4.78 is 1.02. The topological polar surface area (TPSA) is 24.9 Å². The van der Waals surface area contributed by atoms with E-state index in [0.29, 0.717) is 6.04 Å². The van der Waals surface area contributed by atoms with E-state index in [2.05, 4.69) is 44.6 Å². The van der Waals surface area contributed by atoms with Crippen molar-refractivity contribution in [1.82, 2.24) is 10.3 Å². The highest BCUT2D eigenvalue weighted by Crippen LogP contribution is 2.23. The lowest BCUT2D eigenvalue weighted by Gasteiger charge is -2.18. The molecule has 5 heteroatoms. The summed E-state index contributed by atoms with van der Waals surface area (Å²) in [4.78, 5) is 4.57. The lowest BCUT2D eigenvalue weighted by molar-refractivity contribution is 0.504. The lowest BCUT2D eigenvalue weighted by Crippen LogP contribution is -2.33. The molecule has 0 aliphatic heterocycles. The van der Waals surface area contributed by atoms with Crippen molar-refractivity contribution < 1.29 is 0 Å². The second-order valence-corrected chi connectivity index (χ2v) is 7.44. The van der Waals surface area contributed by atoms with Crippen molar-refractivity contribution in [2.24, 2.45) is 0 Å². The molecule has 114 valence electrons. The molecule has 1 aromatic carbocycles. The Morgan fingerprint density at radius 2 is 2.19 bits per heavy atom. The summed E-state index contributed by atoms with van der Waals surface area (Å²) in [6, 6.07) is 6.47. The summed E-state index contributed by atoms with van der Waals surface area (Å²) in [5.41, 5.74) is 2.28. The predicted octanol–water partition coefficient (Wildman–Crippen LogP) is 5.02. The minimum atomic E-state index is 0.370. The summed E-state index contributed by atoms with van der Waals surface area (Å²) in [6.07, 6.45) is 3.00. The average Bonchev–Trinajstić information content (AvgIpc) is 2.84. The molecule has 0 saturated carbocycles. The molecule has 1 atom stereocenters. The number of hydrogen-bond acceptors (Lipinski definition) is 3. The molecular weight excluding hydrogens is 368 g/mol. The van der Waals surface area contributed by atoms with Gasteiger partial charge in [0.25, 0.3) is 0 Å².